The highest BCUT2D eigenvalue weighted by Crippen LogP contribution is 2.30. The molecule has 0 unspecified atom stereocenters. The minimum atomic E-state index is -0.180. The maximum Gasteiger partial charge on any atom is 0.251 e. The monoisotopic (exact) mass is 361 g/mol. The summed E-state index contributed by atoms with van der Waals surface area (Å²) < 4.78 is 11.0. The Morgan fingerprint density at radius 2 is 1.96 bits per heavy atom. The van der Waals surface area contributed by atoms with Crippen LogP contribution in [0.4, 0.5) is 0 Å². The second-order valence-corrected chi connectivity index (χ2v) is 6.67. The van der Waals surface area contributed by atoms with Crippen LogP contribution in [-0.2, 0) is 4.79 Å². The molecule has 3 rings (SSSR count). The third kappa shape index (κ3) is 4.09. The molecule has 2 heterocycles. The van der Waals surface area contributed by atoms with E-state index in [0.29, 0.717) is 49.8 Å². The standard InChI is InChI=1S/C19H27N3O4/c1-3-7-22-12-14(11-15(22)19(24)20-4-2)21-18(23)13-5-6-16-17(10-13)26-9-8-25-16/h5-6,10,14-15H,3-4,7-9,11-12H2,1-2H3,(H,20,24)(H,21,23)/t14-,15-/m0/s1. The molecule has 0 bridgehead atoms. The van der Waals surface area contributed by atoms with E-state index in [1.165, 1.54) is 0 Å². The largest absolute Gasteiger partial charge is 0.486 e. The van der Waals surface area contributed by atoms with Gasteiger partial charge in [0.05, 0.1) is 6.04 Å². The molecule has 0 aromatic heterocycles. The Morgan fingerprint density at radius 3 is 2.69 bits per heavy atom. The fraction of sp³-hybridized carbons (Fsp3) is 0.579. The van der Waals surface area contributed by atoms with E-state index in [1.807, 2.05) is 6.92 Å². The van der Waals surface area contributed by atoms with E-state index in [1.54, 1.807) is 18.2 Å². The van der Waals surface area contributed by atoms with Crippen LogP contribution in [0.5, 0.6) is 11.5 Å². The average molecular weight is 361 g/mol. The minimum absolute atomic E-state index is 0.0389. The zero-order valence-electron chi connectivity index (χ0n) is 15.4. The summed E-state index contributed by atoms with van der Waals surface area (Å²) >= 11 is 0. The van der Waals surface area contributed by atoms with E-state index in [4.69, 9.17) is 9.47 Å². The topological polar surface area (TPSA) is 79.9 Å². The lowest BCUT2D eigenvalue weighted by Gasteiger charge is -2.22. The zero-order valence-corrected chi connectivity index (χ0v) is 15.4. The van der Waals surface area contributed by atoms with Crippen LogP contribution >= 0.6 is 0 Å². The van der Waals surface area contributed by atoms with Gasteiger partial charge in [-0.15, -0.1) is 0 Å². The molecule has 1 aromatic rings. The Balaban J connectivity index is 1.64. The normalized spacial score (nSPS) is 22.1. The molecule has 2 amide bonds. The van der Waals surface area contributed by atoms with E-state index >= 15 is 0 Å². The Labute approximate surface area is 154 Å². The molecule has 7 heteroatoms. The minimum Gasteiger partial charge on any atom is -0.486 e. The number of nitrogens with one attached hydrogen (secondary N) is 2. The number of hydrogen-bond acceptors (Lipinski definition) is 5. The molecular weight excluding hydrogens is 334 g/mol. The van der Waals surface area contributed by atoms with Crippen molar-refractivity contribution in [3.8, 4) is 11.5 Å². The summed E-state index contributed by atoms with van der Waals surface area (Å²) in [6.07, 6.45) is 1.60. The van der Waals surface area contributed by atoms with Gasteiger partial charge in [-0.3, -0.25) is 14.5 Å². The summed E-state index contributed by atoms with van der Waals surface area (Å²) in [5.41, 5.74) is 0.540. The molecule has 1 aromatic carbocycles. The van der Waals surface area contributed by atoms with E-state index in [9.17, 15) is 9.59 Å². The lowest BCUT2D eigenvalue weighted by atomic mass is 10.1. The van der Waals surface area contributed by atoms with Gasteiger partial charge >= 0.3 is 0 Å². The SMILES string of the molecule is CCCN1C[C@@H](NC(=O)c2ccc3c(c2)OCCO3)C[C@H]1C(=O)NCC. The van der Waals surface area contributed by atoms with Crippen molar-refractivity contribution in [2.24, 2.45) is 0 Å². The lowest BCUT2D eigenvalue weighted by Crippen LogP contribution is -2.43. The first-order chi connectivity index (χ1) is 12.6. The van der Waals surface area contributed by atoms with Gasteiger partial charge < -0.3 is 20.1 Å². The second-order valence-electron chi connectivity index (χ2n) is 6.67. The van der Waals surface area contributed by atoms with Crippen LogP contribution < -0.4 is 20.1 Å². The lowest BCUT2D eigenvalue weighted by molar-refractivity contribution is -0.125. The molecule has 0 saturated carbocycles. The van der Waals surface area contributed by atoms with E-state index in [2.05, 4.69) is 22.5 Å². The number of benzene rings is 1. The van der Waals surface area contributed by atoms with E-state index in [0.717, 1.165) is 13.0 Å². The molecule has 1 fully saturated rings. The molecule has 2 aliphatic heterocycles. The van der Waals surface area contributed by atoms with Gasteiger partial charge in [0, 0.05) is 24.7 Å². The van der Waals surface area contributed by atoms with Gasteiger partial charge in [-0.1, -0.05) is 6.92 Å². The number of fused-ring (bicyclic) bond motifs is 1. The Bertz CT molecular complexity index is 664. The molecular formula is C19H27N3O4. The number of hydrogen-bond donors (Lipinski definition) is 2. The summed E-state index contributed by atoms with van der Waals surface area (Å²) in [4.78, 5) is 27.1. The highest BCUT2D eigenvalue weighted by Gasteiger charge is 2.36. The van der Waals surface area contributed by atoms with Crippen LogP contribution in [0.1, 0.15) is 37.0 Å². The highest BCUT2D eigenvalue weighted by atomic mass is 16.6. The van der Waals surface area contributed by atoms with Crippen LogP contribution in [-0.4, -0.2) is 61.6 Å². The Morgan fingerprint density at radius 1 is 1.19 bits per heavy atom. The number of amides is 2. The maximum absolute atomic E-state index is 12.6. The molecule has 2 N–H and O–H groups in total. The number of likely N-dealkylation sites (tertiary alicyclic amines) is 1. The van der Waals surface area contributed by atoms with Crippen LogP contribution in [0.25, 0.3) is 0 Å². The van der Waals surface area contributed by atoms with Crippen molar-refractivity contribution in [3.63, 3.8) is 0 Å². The number of likely N-dealkylation sites (N-methyl/N-ethyl adjacent to an activating group) is 1. The fourth-order valence-corrected chi connectivity index (χ4v) is 3.56. The van der Waals surface area contributed by atoms with Crippen molar-refractivity contribution in [3.05, 3.63) is 23.8 Å². The van der Waals surface area contributed by atoms with Gasteiger partial charge in [0.15, 0.2) is 11.5 Å². The predicted octanol–water partition coefficient (Wildman–Crippen LogP) is 1.18. The van der Waals surface area contributed by atoms with Gasteiger partial charge in [0.2, 0.25) is 5.91 Å². The smallest absolute Gasteiger partial charge is 0.251 e. The van der Waals surface area contributed by atoms with Gasteiger partial charge in [-0.2, -0.15) is 0 Å². The number of carbonyl (C=O) groups is 2. The van der Waals surface area contributed by atoms with Crippen molar-refractivity contribution < 1.29 is 19.1 Å². The first kappa shape index (κ1) is 18.5. The molecule has 2 atom stereocenters. The first-order valence-corrected chi connectivity index (χ1v) is 9.34. The van der Waals surface area contributed by atoms with Crippen molar-refractivity contribution in [1.29, 1.82) is 0 Å². The highest BCUT2D eigenvalue weighted by molar-refractivity contribution is 5.95. The third-order valence-corrected chi connectivity index (χ3v) is 4.71. The zero-order chi connectivity index (χ0) is 18.5. The van der Waals surface area contributed by atoms with Crippen LogP contribution in [0.3, 0.4) is 0 Å². The molecule has 0 spiro atoms. The Kier molecular flexibility index (Phi) is 5.98. The van der Waals surface area contributed by atoms with E-state index in [-0.39, 0.29) is 23.9 Å². The average Bonchev–Trinajstić information content (AvgIpc) is 3.04. The quantitative estimate of drug-likeness (QED) is 0.795. The maximum atomic E-state index is 12.6. The molecule has 26 heavy (non-hydrogen) atoms. The number of carbonyl (C=O) groups excluding carboxylic acids is 2. The van der Waals surface area contributed by atoms with Crippen LogP contribution in [0, 0.1) is 0 Å². The fourth-order valence-electron chi connectivity index (χ4n) is 3.56. The third-order valence-electron chi connectivity index (χ3n) is 4.71. The first-order valence-electron chi connectivity index (χ1n) is 9.34. The summed E-state index contributed by atoms with van der Waals surface area (Å²) in [7, 11) is 0. The molecule has 7 nitrogen and oxygen atoms in total. The van der Waals surface area contributed by atoms with Crippen molar-refractivity contribution >= 4 is 11.8 Å². The molecule has 0 radical (unpaired) electrons. The van der Waals surface area contributed by atoms with Gasteiger partial charge in [0.1, 0.15) is 13.2 Å². The van der Waals surface area contributed by atoms with E-state index < -0.39 is 0 Å². The summed E-state index contributed by atoms with van der Waals surface area (Å²) in [5, 5.41) is 5.95. The van der Waals surface area contributed by atoms with Gasteiger partial charge in [-0.05, 0) is 44.5 Å². The summed E-state index contributed by atoms with van der Waals surface area (Å²) in [6, 6.07) is 4.99. The molecule has 142 valence electrons. The van der Waals surface area contributed by atoms with Gasteiger partial charge in [0.25, 0.3) is 5.91 Å². The number of ether oxygens (including phenoxy) is 2. The molecule has 2 aliphatic rings. The summed E-state index contributed by atoms with van der Waals surface area (Å²) in [5.74, 6) is 1.15. The molecule has 1 saturated heterocycles. The number of rotatable bonds is 6. The van der Waals surface area contributed by atoms with Crippen LogP contribution in [0.2, 0.25) is 0 Å². The van der Waals surface area contributed by atoms with Gasteiger partial charge in [-0.25, -0.2) is 0 Å². The van der Waals surface area contributed by atoms with Crippen LogP contribution in [0.15, 0.2) is 18.2 Å². The Hall–Kier alpha value is -2.28. The second kappa shape index (κ2) is 8.40. The summed E-state index contributed by atoms with van der Waals surface area (Å²) in [6.45, 7) is 7.16. The molecule has 0 aliphatic carbocycles. The predicted molar refractivity (Wildman–Crippen MR) is 97.6 cm³/mol. The van der Waals surface area contributed by atoms with Crippen molar-refractivity contribution in [2.45, 2.75) is 38.8 Å². The number of nitrogens with zero attached hydrogens (tertiary/aromatic N) is 1. The van der Waals surface area contributed by atoms with Crippen molar-refractivity contribution in [2.75, 3.05) is 32.8 Å². The van der Waals surface area contributed by atoms with Crippen molar-refractivity contribution in [1.82, 2.24) is 15.5 Å².